The molecule has 0 aliphatic carbocycles. The molecule has 2 aromatic rings. The van der Waals surface area contributed by atoms with Gasteiger partial charge in [-0.05, 0) is 30.3 Å². The van der Waals surface area contributed by atoms with Gasteiger partial charge in [-0.3, -0.25) is 14.9 Å². The van der Waals surface area contributed by atoms with Gasteiger partial charge in [-0.1, -0.05) is 18.2 Å². The van der Waals surface area contributed by atoms with Crippen molar-refractivity contribution >= 4 is 29.3 Å². The first-order valence-electron chi connectivity index (χ1n) is 6.13. The summed E-state index contributed by atoms with van der Waals surface area (Å²) < 4.78 is 13.1. The lowest BCUT2D eigenvalue weighted by Crippen LogP contribution is -2.31. The van der Waals surface area contributed by atoms with E-state index in [0.29, 0.717) is 16.1 Å². The molecule has 0 fully saturated rings. The zero-order valence-corrected chi connectivity index (χ0v) is 11.8. The van der Waals surface area contributed by atoms with Gasteiger partial charge >= 0.3 is 0 Å². The number of imide groups is 1. The molecule has 0 atom stereocenters. The van der Waals surface area contributed by atoms with Crippen LogP contribution in [0.1, 0.15) is 10.4 Å². The number of hydrogen-bond donors (Lipinski definition) is 2. The Hall–Kier alpha value is -2.34. The Kier molecular flexibility index (Phi) is 4.94. The standard InChI is InChI=1S/C15H13FN2O2S/c16-11-6-7-12(17)13(8-11)21-9-14(19)18-15(20)10-4-2-1-3-5-10/h1-8H,9,17H2,(H,18,19,20). The molecule has 0 saturated heterocycles. The molecule has 108 valence electrons. The van der Waals surface area contributed by atoms with Gasteiger partial charge in [0, 0.05) is 16.1 Å². The first-order chi connectivity index (χ1) is 10.1. The van der Waals surface area contributed by atoms with Gasteiger partial charge in [0.25, 0.3) is 5.91 Å². The second kappa shape index (κ2) is 6.90. The van der Waals surface area contributed by atoms with Crippen molar-refractivity contribution in [2.75, 3.05) is 11.5 Å². The van der Waals surface area contributed by atoms with Crippen molar-refractivity contribution in [2.45, 2.75) is 4.90 Å². The summed E-state index contributed by atoms with van der Waals surface area (Å²) in [6.07, 6.45) is 0. The molecule has 4 nitrogen and oxygen atoms in total. The zero-order valence-electron chi connectivity index (χ0n) is 11.0. The van der Waals surface area contributed by atoms with Crippen LogP contribution in [0.15, 0.2) is 53.4 Å². The van der Waals surface area contributed by atoms with Crippen molar-refractivity contribution in [1.29, 1.82) is 0 Å². The molecule has 0 unspecified atom stereocenters. The summed E-state index contributed by atoms with van der Waals surface area (Å²) in [6, 6.07) is 12.4. The number of rotatable bonds is 4. The minimum absolute atomic E-state index is 0.0216. The van der Waals surface area contributed by atoms with E-state index in [0.717, 1.165) is 11.8 Å². The topological polar surface area (TPSA) is 72.2 Å². The second-order valence-electron chi connectivity index (χ2n) is 4.21. The molecule has 0 saturated carbocycles. The third-order valence-electron chi connectivity index (χ3n) is 2.62. The molecule has 0 aliphatic rings. The van der Waals surface area contributed by atoms with E-state index in [4.69, 9.17) is 5.73 Å². The predicted molar refractivity (Wildman–Crippen MR) is 80.5 cm³/mol. The Morgan fingerprint density at radius 1 is 1.14 bits per heavy atom. The van der Waals surface area contributed by atoms with E-state index >= 15 is 0 Å². The summed E-state index contributed by atoms with van der Waals surface area (Å²) in [6.45, 7) is 0. The highest BCUT2D eigenvalue weighted by Gasteiger charge is 2.11. The Labute approximate surface area is 125 Å². The molecule has 0 aromatic heterocycles. The molecule has 2 rings (SSSR count). The number of benzene rings is 2. The minimum atomic E-state index is -0.464. The summed E-state index contributed by atoms with van der Waals surface area (Å²) in [5.74, 6) is -1.37. The number of thioether (sulfide) groups is 1. The highest BCUT2D eigenvalue weighted by atomic mass is 32.2. The average molecular weight is 304 g/mol. The number of hydrogen-bond acceptors (Lipinski definition) is 4. The Balaban J connectivity index is 1.91. The number of nitrogen functional groups attached to an aromatic ring is 1. The maximum absolute atomic E-state index is 13.1. The summed E-state index contributed by atoms with van der Waals surface area (Å²) in [7, 11) is 0. The van der Waals surface area contributed by atoms with E-state index in [1.165, 1.54) is 18.2 Å². The van der Waals surface area contributed by atoms with Crippen LogP contribution in [0.3, 0.4) is 0 Å². The third kappa shape index (κ3) is 4.32. The molecule has 21 heavy (non-hydrogen) atoms. The highest BCUT2D eigenvalue weighted by molar-refractivity contribution is 8.00. The predicted octanol–water partition coefficient (Wildman–Crippen LogP) is 2.46. The number of nitrogens with two attached hydrogens (primary N) is 1. The van der Waals surface area contributed by atoms with Crippen LogP contribution in [-0.2, 0) is 4.79 Å². The molecule has 3 N–H and O–H groups in total. The molecule has 0 aliphatic heterocycles. The summed E-state index contributed by atoms with van der Waals surface area (Å²) >= 11 is 1.08. The SMILES string of the molecule is Nc1ccc(F)cc1SCC(=O)NC(=O)c1ccccc1. The first-order valence-corrected chi connectivity index (χ1v) is 7.12. The van der Waals surface area contributed by atoms with Gasteiger partial charge in [0.05, 0.1) is 5.75 Å². The summed E-state index contributed by atoms with van der Waals surface area (Å²) in [5, 5.41) is 2.27. The van der Waals surface area contributed by atoms with Crippen LogP contribution in [0.4, 0.5) is 10.1 Å². The van der Waals surface area contributed by atoms with E-state index in [9.17, 15) is 14.0 Å². The van der Waals surface area contributed by atoms with E-state index in [2.05, 4.69) is 5.32 Å². The van der Waals surface area contributed by atoms with Gasteiger partial charge in [0.2, 0.25) is 5.91 Å². The monoisotopic (exact) mass is 304 g/mol. The van der Waals surface area contributed by atoms with E-state index in [1.807, 2.05) is 0 Å². The van der Waals surface area contributed by atoms with Crippen LogP contribution < -0.4 is 11.1 Å². The van der Waals surface area contributed by atoms with Crippen LogP contribution >= 0.6 is 11.8 Å². The van der Waals surface area contributed by atoms with E-state index < -0.39 is 17.6 Å². The molecule has 6 heteroatoms. The van der Waals surface area contributed by atoms with Crippen LogP contribution in [-0.4, -0.2) is 17.6 Å². The van der Waals surface area contributed by atoms with Gasteiger partial charge in [-0.2, -0.15) is 0 Å². The number of halogens is 1. The van der Waals surface area contributed by atoms with Gasteiger partial charge in [0.1, 0.15) is 5.82 Å². The summed E-state index contributed by atoms with van der Waals surface area (Å²) in [4.78, 5) is 23.9. The molecule has 0 heterocycles. The van der Waals surface area contributed by atoms with Gasteiger partial charge in [-0.25, -0.2) is 4.39 Å². The van der Waals surface area contributed by atoms with Crippen molar-refractivity contribution in [2.24, 2.45) is 0 Å². The quantitative estimate of drug-likeness (QED) is 0.672. The second-order valence-corrected chi connectivity index (χ2v) is 5.23. The molecular weight excluding hydrogens is 291 g/mol. The Morgan fingerprint density at radius 3 is 2.57 bits per heavy atom. The normalized spacial score (nSPS) is 10.1. The largest absolute Gasteiger partial charge is 0.398 e. The lowest BCUT2D eigenvalue weighted by Gasteiger charge is -2.06. The van der Waals surface area contributed by atoms with Crippen molar-refractivity contribution in [3.05, 3.63) is 59.9 Å². The number of amides is 2. The summed E-state index contributed by atoms with van der Waals surface area (Å²) in [5.41, 5.74) is 6.48. The number of nitrogens with one attached hydrogen (secondary N) is 1. The number of anilines is 1. The maximum atomic E-state index is 13.1. The van der Waals surface area contributed by atoms with E-state index in [-0.39, 0.29) is 5.75 Å². The fourth-order valence-electron chi connectivity index (χ4n) is 1.60. The molecular formula is C15H13FN2O2S. The van der Waals surface area contributed by atoms with Crippen molar-refractivity contribution in [1.82, 2.24) is 5.32 Å². The number of carbonyl (C=O) groups excluding carboxylic acids is 2. The van der Waals surface area contributed by atoms with Gasteiger partial charge in [0.15, 0.2) is 0 Å². The fraction of sp³-hybridized carbons (Fsp3) is 0.0667. The third-order valence-corrected chi connectivity index (χ3v) is 3.69. The van der Waals surface area contributed by atoms with Crippen molar-refractivity contribution < 1.29 is 14.0 Å². The average Bonchev–Trinajstić information content (AvgIpc) is 2.49. The van der Waals surface area contributed by atoms with Gasteiger partial charge in [-0.15, -0.1) is 11.8 Å². The molecule has 0 bridgehead atoms. The van der Waals surface area contributed by atoms with Crippen LogP contribution in [0.2, 0.25) is 0 Å². The fourth-order valence-corrected chi connectivity index (χ4v) is 2.39. The van der Waals surface area contributed by atoms with Crippen molar-refractivity contribution in [3.63, 3.8) is 0 Å². The molecule has 0 radical (unpaired) electrons. The van der Waals surface area contributed by atoms with E-state index in [1.54, 1.807) is 30.3 Å². The Bertz CT molecular complexity index is 662. The number of carbonyl (C=O) groups is 2. The van der Waals surface area contributed by atoms with Crippen molar-refractivity contribution in [3.8, 4) is 0 Å². The smallest absolute Gasteiger partial charge is 0.257 e. The minimum Gasteiger partial charge on any atom is -0.398 e. The highest BCUT2D eigenvalue weighted by Crippen LogP contribution is 2.25. The first kappa shape index (κ1) is 15.1. The Morgan fingerprint density at radius 2 is 1.86 bits per heavy atom. The molecule has 0 spiro atoms. The lowest BCUT2D eigenvalue weighted by atomic mass is 10.2. The lowest BCUT2D eigenvalue weighted by molar-refractivity contribution is -0.117. The van der Waals surface area contributed by atoms with Gasteiger partial charge < -0.3 is 5.73 Å². The van der Waals surface area contributed by atoms with Crippen LogP contribution in [0.5, 0.6) is 0 Å². The maximum Gasteiger partial charge on any atom is 0.257 e. The van der Waals surface area contributed by atoms with Crippen LogP contribution in [0, 0.1) is 5.82 Å². The zero-order chi connectivity index (χ0) is 15.2. The molecule has 2 amide bonds. The molecule has 2 aromatic carbocycles. The van der Waals surface area contributed by atoms with Crippen LogP contribution in [0.25, 0.3) is 0 Å².